The predicted octanol–water partition coefficient (Wildman–Crippen LogP) is 4.63. The van der Waals surface area contributed by atoms with Crippen molar-refractivity contribution in [2.75, 3.05) is 24.0 Å². The molecule has 0 aliphatic rings. The Balaban J connectivity index is 2.09. The SMILES string of the molecule is CCNC(=O)[C@@H](C)N(Cc1ccccc1F)C(=O)CN(c1ccccc1OCC)S(=O)(=O)c1ccc(Cl)cc1. The molecule has 208 valence electrons. The maximum absolute atomic E-state index is 14.6. The Labute approximate surface area is 233 Å². The van der Waals surface area contributed by atoms with Gasteiger partial charge in [-0.1, -0.05) is 41.9 Å². The van der Waals surface area contributed by atoms with Gasteiger partial charge in [0.15, 0.2) is 0 Å². The largest absolute Gasteiger partial charge is 0.492 e. The van der Waals surface area contributed by atoms with Crippen LogP contribution in [-0.4, -0.2) is 50.9 Å². The summed E-state index contributed by atoms with van der Waals surface area (Å²) in [7, 11) is -4.30. The number of ether oxygens (including phenoxy) is 1. The number of nitrogens with one attached hydrogen (secondary N) is 1. The molecule has 0 aliphatic carbocycles. The highest BCUT2D eigenvalue weighted by molar-refractivity contribution is 7.92. The molecule has 0 radical (unpaired) electrons. The normalized spacial score (nSPS) is 11.9. The van der Waals surface area contributed by atoms with E-state index in [9.17, 15) is 22.4 Å². The van der Waals surface area contributed by atoms with Crippen LogP contribution in [0.5, 0.6) is 5.75 Å². The van der Waals surface area contributed by atoms with Crippen molar-refractivity contribution >= 4 is 39.1 Å². The summed E-state index contributed by atoms with van der Waals surface area (Å²) in [5.41, 5.74) is 0.322. The molecule has 0 heterocycles. The molecule has 3 rings (SSSR count). The fourth-order valence-corrected chi connectivity index (χ4v) is 5.45. The zero-order valence-corrected chi connectivity index (χ0v) is 23.5. The van der Waals surface area contributed by atoms with Gasteiger partial charge in [0.05, 0.1) is 17.2 Å². The van der Waals surface area contributed by atoms with Gasteiger partial charge in [-0.2, -0.15) is 0 Å². The van der Waals surface area contributed by atoms with Gasteiger partial charge >= 0.3 is 0 Å². The molecule has 39 heavy (non-hydrogen) atoms. The maximum Gasteiger partial charge on any atom is 0.264 e. The number of likely N-dealkylation sites (N-methyl/N-ethyl adjacent to an activating group) is 1. The molecule has 2 amide bonds. The van der Waals surface area contributed by atoms with Gasteiger partial charge in [0.2, 0.25) is 11.8 Å². The van der Waals surface area contributed by atoms with Crippen LogP contribution in [0.3, 0.4) is 0 Å². The van der Waals surface area contributed by atoms with Crippen molar-refractivity contribution in [3.8, 4) is 5.75 Å². The van der Waals surface area contributed by atoms with Crippen LogP contribution >= 0.6 is 11.6 Å². The first-order chi connectivity index (χ1) is 18.6. The summed E-state index contributed by atoms with van der Waals surface area (Å²) in [4.78, 5) is 27.7. The first kappa shape index (κ1) is 29.9. The van der Waals surface area contributed by atoms with Gasteiger partial charge < -0.3 is 15.0 Å². The molecule has 1 N–H and O–H groups in total. The van der Waals surface area contributed by atoms with E-state index >= 15 is 0 Å². The summed E-state index contributed by atoms with van der Waals surface area (Å²) < 4.78 is 49.0. The number of nitrogens with zero attached hydrogens (tertiary/aromatic N) is 2. The van der Waals surface area contributed by atoms with Crippen LogP contribution in [0.15, 0.2) is 77.7 Å². The highest BCUT2D eigenvalue weighted by atomic mass is 35.5. The Hall–Kier alpha value is -3.63. The molecule has 3 aromatic rings. The number of rotatable bonds is 12. The summed E-state index contributed by atoms with van der Waals surface area (Å²) in [6.07, 6.45) is 0. The fraction of sp³-hybridized carbons (Fsp3) is 0.286. The molecule has 3 aromatic carbocycles. The molecule has 0 fully saturated rings. The van der Waals surface area contributed by atoms with E-state index in [1.54, 1.807) is 38.1 Å². The van der Waals surface area contributed by atoms with Crippen LogP contribution in [-0.2, 0) is 26.2 Å². The van der Waals surface area contributed by atoms with E-state index in [2.05, 4.69) is 5.32 Å². The second-order valence-electron chi connectivity index (χ2n) is 8.55. The molecule has 1 atom stereocenters. The minimum absolute atomic E-state index is 0.0940. The fourth-order valence-electron chi connectivity index (χ4n) is 3.90. The third-order valence-corrected chi connectivity index (χ3v) is 7.96. The van der Waals surface area contributed by atoms with Crippen LogP contribution in [0.25, 0.3) is 0 Å². The highest BCUT2D eigenvalue weighted by Gasteiger charge is 2.34. The number of hydrogen-bond acceptors (Lipinski definition) is 5. The lowest BCUT2D eigenvalue weighted by molar-refractivity contribution is -0.139. The Kier molecular flexibility index (Phi) is 10.3. The number of anilines is 1. The maximum atomic E-state index is 14.6. The third kappa shape index (κ3) is 7.27. The van der Waals surface area contributed by atoms with Crippen LogP contribution in [0.2, 0.25) is 5.02 Å². The molecule has 0 aliphatic heterocycles. The molecule has 8 nitrogen and oxygen atoms in total. The quantitative estimate of drug-likeness (QED) is 0.340. The van der Waals surface area contributed by atoms with E-state index in [1.807, 2.05) is 0 Å². The number of carbonyl (C=O) groups excluding carboxylic acids is 2. The number of sulfonamides is 1. The molecular formula is C28H31ClFN3O5S. The van der Waals surface area contributed by atoms with Gasteiger partial charge in [-0.15, -0.1) is 0 Å². The predicted molar refractivity (Wildman–Crippen MR) is 149 cm³/mol. The Morgan fingerprint density at radius 2 is 1.64 bits per heavy atom. The number of hydrogen-bond donors (Lipinski definition) is 1. The van der Waals surface area contributed by atoms with E-state index < -0.39 is 40.2 Å². The van der Waals surface area contributed by atoms with E-state index in [1.165, 1.54) is 55.5 Å². The average molecular weight is 576 g/mol. The van der Waals surface area contributed by atoms with E-state index in [-0.39, 0.29) is 35.0 Å². The molecule has 0 spiro atoms. The Bertz CT molecular complexity index is 1400. The Morgan fingerprint density at radius 1 is 1.00 bits per heavy atom. The first-order valence-electron chi connectivity index (χ1n) is 12.4. The van der Waals surface area contributed by atoms with Crippen molar-refractivity contribution < 1.29 is 27.1 Å². The van der Waals surface area contributed by atoms with Gasteiger partial charge in [-0.25, -0.2) is 12.8 Å². The zero-order valence-electron chi connectivity index (χ0n) is 21.9. The molecule has 0 aromatic heterocycles. The van der Waals surface area contributed by atoms with Crippen molar-refractivity contribution in [1.82, 2.24) is 10.2 Å². The second-order valence-corrected chi connectivity index (χ2v) is 10.8. The second kappa shape index (κ2) is 13.4. The molecule has 11 heteroatoms. The number of para-hydroxylation sites is 2. The van der Waals surface area contributed by atoms with Crippen molar-refractivity contribution in [3.05, 3.63) is 89.2 Å². The number of benzene rings is 3. The number of halogens is 2. The lowest BCUT2D eigenvalue weighted by atomic mass is 10.1. The summed E-state index contributed by atoms with van der Waals surface area (Å²) >= 11 is 5.97. The zero-order chi connectivity index (χ0) is 28.6. The first-order valence-corrected chi connectivity index (χ1v) is 14.2. The van der Waals surface area contributed by atoms with Gasteiger partial charge in [-0.05, 0) is 63.2 Å². The average Bonchev–Trinajstić information content (AvgIpc) is 2.91. The van der Waals surface area contributed by atoms with Gasteiger partial charge in [0.25, 0.3) is 10.0 Å². The topological polar surface area (TPSA) is 96.0 Å². The summed E-state index contributed by atoms with van der Waals surface area (Å²) in [6, 6.07) is 16.9. The number of carbonyl (C=O) groups is 2. The van der Waals surface area contributed by atoms with Crippen LogP contribution in [0.1, 0.15) is 26.3 Å². The minimum atomic E-state index is -4.30. The van der Waals surface area contributed by atoms with Gasteiger partial charge in [0.1, 0.15) is 24.2 Å². The molecule has 0 saturated heterocycles. The highest BCUT2D eigenvalue weighted by Crippen LogP contribution is 2.33. The van der Waals surface area contributed by atoms with Gasteiger partial charge in [0, 0.05) is 23.7 Å². The summed E-state index contributed by atoms with van der Waals surface area (Å²) in [5, 5.41) is 3.01. The van der Waals surface area contributed by atoms with Crippen molar-refractivity contribution in [2.45, 2.75) is 38.3 Å². The van der Waals surface area contributed by atoms with Crippen LogP contribution < -0.4 is 14.4 Å². The Morgan fingerprint density at radius 3 is 2.28 bits per heavy atom. The monoisotopic (exact) mass is 575 g/mol. The smallest absolute Gasteiger partial charge is 0.264 e. The lowest BCUT2D eigenvalue weighted by Crippen LogP contribution is -2.51. The molecular weight excluding hydrogens is 545 g/mol. The van der Waals surface area contributed by atoms with E-state index in [4.69, 9.17) is 16.3 Å². The minimum Gasteiger partial charge on any atom is -0.492 e. The molecule has 0 unspecified atom stereocenters. The summed E-state index contributed by atoms with van der Waals surface area (Å²) in [5.74, 6) is -1.46. The van der Waals surface area contributed by atoms with Gasteiger partial charge in [-0.3, -0.25) is 13.9 Å². The van der Waals surface area contributed by atoms with Crippen LogP contribution in [0.4, 0.5) is 10.1 Å². The van der Waals surface area contributed by atoms with Crippen molar-refractivity contribution in [1.29, 1.82) is 0 Å². The summed E-state index contributed by atoms with van der Waals surface area (Å²) in [6.45, 7) is 4.66. The van der Waals surface area contributed by atoms with E-state index in [0.29, 0.717) is 11.6 Å². The standard InChI is InChI=1S/C28H31ClFN3O5S/c1-4-31-28(35)20(3)32(18-21-10-6-7-11-24(21)30)27(34)19-33(25-12-8-9-13-26(25)38-5-2)39(36,37)23-16-14-22(29)15-17-23/h6-17,20H,4-5,18-19H2,1-3H3,(H,31,35)/t20-/m1/s1. The molecule has 0 saturated carbocycles. The molecule has 0 bridgehead atoms. The van der Waals surface area contributed by atoms with E-state index in [0.717, 1.165) is 9.21 Å². The lowest BCUT2D eigenvalue weighted by Gasteiger charge is -2.32. The van der Waals surface area contributed by atoms with Crippen molar-refractivity contribution in [3.63, 3.8) is 0 Å². The third-order valence-electron chi connectivity index (χ3n) is 5.93. The number of amides is 2. The van der Waals surface area contributed by atoms with Crippen LogP contribution in [0, 0.1) is 5.82 Å². The van der Waals surface area contributed by atoms with Crippen molar-refractivity contribution in [2.24, 2.45) is 0 Å².